The largest absolute Gasteiger partial charge is 0.308 e. The maximum atomic E-state index is 11.8. The molecule has 0 aliphatic heterocycles. The summed E-state index contributed by atoms with van der Waals surface area (Å²) in [6.45, 7) is 38.2. The van der Waals surface area contributed by atoms with E-state index >= 15 is 0 Å². The molecule has 0 aromatic rings. The molecule has 0 amide bonds. The molecule has 0 aromatic heterocycles. The number of allylic oxidation sites excluding steroid dienone is 6. The van der Waals surface area contributed by atoms with Crippen LogP contribution in [-0.4, -0.2) is 91.8 Å². The molecule has 0 saturated carbocycles. The van der Waals surface area contributed by atoms with E-state index in [1.165, 1.54) is 38.5 Å². The van der Waals surface area contributed by atoms with E-state index in [9.17, 15) is 24.0 Å². The second-order valence-corrected chi connectivity index (χ2v) is 19.6. The normalized spacial score (nSPS) is 14.0. The average Bonchev–Trinajstić information content (AvgIpc) is 3.33. The van der Waals surface area contributed by atoms with Crippen LogP contribution in [0.5, 0.6) is 0 Å². The fraction of sp³-hybridized carbons (Fsp3) is 0.717. The maximum absolute atomic E-state index is 11.8. The lowest BCUT2D eigenvalue weighted by molar-refractivity contribution is -0.124. The molecule has 0 fully saturated rings. The number of likely N-dealkylation sites (N-methyl/N-ethyl adjacent to an activating group) is 5. The summed E-state index contributed by atoms with van der Waals surface area (Å²) in [5, 5.41) is 15.5. The van der Waals surface area contributed by atoms with E-state index in [2.05, 4.69) is 66.1 Å². The van der Waals surface area contributed by atoms with Gasteiger partial charge in [0.1, 0.15) is 28.9 Å². The van der Waals surface area contributed by atoms with Crippen LogP contribution in [0.3, 0.4) is 0 Å². The fourth-order valence-electron chi connectivity index (χ4n) is 7.35. The van der Waals surface area contributed by atoms with Crippen molar-refractivity contribution in [3.8, 4) is 0 Å². The number of carbonyl (C=O) groups is 5. The molecule has 10 heteroatoms. The van der Waals surface area contributed by atoms with Gasteiger partial charge in [0.25, 0.3) is 0 Å². The second kappa shape index (κ2) is 46.6. The Hall–Kier alpha value is -3.41. The lowest BCUT2D eigenvalue weighted by Crippen LogP contribution is -2.49. The zero-order valence-corrected chi connectivity index (χ0v) is 48.2. The summed E-state index contributed by atoms with van der Waals surface area (Å²) in [4.78, 5) is 57.0. The van der Waals surface area contributed by atoms with E-state index in [0.717, 1.165) is 116 Å². The summed E-state index contributed by atoms with van der Waals surface area (Å²) < 4.78 is 0. The summed E-state index contributed by atoms with van der Waals surface area (Å²) in [5.41, 5.74) is -1.67. The number of unbranched alkanes of at least 4 members (excludes halogenated alkanes) is 12. The van der Waals surface area contributed by atoms with Crippen molar-refractivity contribution in [1.82, 2.24) is 26.6 Å². The van der Waals surface area contributed by atoms with Crippen LogP contribution in [0.2, 0.25) is 0 Å². The Morgan fingerprint density at radius 1 is 0.300 bits per heavy atom. The zero-order valence-electron chi connectivity index (χ0n) is 48.2. The third-order valence-electron chi connectivity index (χ3n) is 14.3. The number of hydrogen-bond acceptors (Lipinski definition) is 10. The molecule has 408 valence electrons. The molecule has 0 spiro atoms. The molecule has 0 radical (unpaired) electrons. The number of hydrogen-bond donors (Lipinski definition) is 5. The Kier molecular flexibility index (Phi) is 50.3. The SMILES string of the molecule is C=CCCCC(CCCC=C)(NC)C(C)=O.C=CCCCCCC[C@@](C)(NC)C(C)=O.C=CCCCCCC[C@](C)(NC)C(C)=O.C=CCCC[C@@](C)(NC)C(C)=O.C=CCCC[C@](C)(NC)C(C)=O. The van der Waals surface area contributed by atoms with Crippen LogP contribution >= 0.6 is 0 Å². The van der Waals surface area contributed by atoms with Crippen molar-refractivity contribution in [3.63, 3.8) is 0 Å². The lowest BCUT2D eigenvalue weighted by Gasteiger charge is -2.31. The Labute approximate surface area is 433 Å². The fourth-order valence-corrected chi connectivity index (χ4v) is 7.35. The highest BCUT2D eigenvalue weighted by atomic mass is 16.1. The number of ketones is 5. The van der Waals surface area contributed by atoms with Gasteiger partial charge in [0, 0.05) is 0 Å². The second-order valence-electron chi connectivity index (χ2n) is 19.6. The highest BCUT2D eigenvalue weighted by molar-refractivity contribution is 5.87. The van der Waals surface area contributed by atoms with Crippen LogP contribution in [-0.2, 0) is 24.0 Å². The summed E-state index contributed by atoms with van der Waals surface area (Å²) in [6, 6.07) is 0. The molecule has 10 nitrogen and oxygen atoms in total. The molecule has 0 bridgehead atoms. The minimum Gasteiger partial charge on any atom is -0.308 e. The topological polar surface area (TPSA) is 146 Å². The van der Waals surface area contributed by atoms with Crippen LogP contribution in [0.4, 0.5) is 0 Å². The molecule has 0 aromatic carbocycles. The van der Waals surface area contributed by atoms with Crippen molar-refractivity contribution in [3.05, 3.63) is 75.9 Å². The van der Waals surface area contributed by atoms with Crippen molar-refractivity contribution in [2.24, 2.45) is 0 Å². The van der Waals surface area contributed by atoms with Gasteiger partial charge in [0.15, 0.2) is 0 Å². The number of Topliss-reactive ketones (excluding diaryl/α,β-unsaturated/α-hetero) is 5. The summed E-state index contributed by atoms with van der Waals surface area (Å²) in [5.74, 6) is 1.11. The van der Waals surface area contributed by atoms with Crippen LogP contribution in [0, 0.1) is 0 Å². The first-order valence-electron chi connectivity index (χ1n) is 26.5. The van der Waals surface area contributed by atoms with Gasteiger partial charge in [-0.3, -0.25) is 24.0 Å². The van der Waals surface area contributed by atoms with E-state index in [-0.39, 0.29) is 56.6 Å². The number of nitrogens with one attached hydrogen (secondary N) is 5. The number of rotatable bonds is 40. The lowest BCUT2D eigenvalue weighted by atomic mass is 9.84. The van der Waals surface area contributed by atoms with Gasteiger partial charge in [-0.25, -0.2) is 0 Å². The maximum Gasteiger partial charge on any atom is 0.149 e. The van der Waals surface area contributed by atoms with E-state index in [1.807, 2.05) is 99.4 Å². The summed E-state index contributed by atoms with van der Waals surface area (Å²) in [7, 11) is 9.26. The third-order valence-corrected chi connectivity index (χ3v) is 14.3. The molecule has 0 saturated heterocycles. The van der Waals surface area contributed by atoms with Gasteiger partial charge in [-0.15, -0.1) is 39.5 Å². The summed E-state index contributed by atoms with van der Waals surface area (Å²) in [6.07, 6.45) is 36.7. The van der Waals surface area contributed by atoms with Crippen molar-refractivity contribution in [1.29, 1.82) is 0 Å². The zero-order chi connectivity index (χ0) is 55.1. The van der Waals surface area contributed by atoms with Gasteiger partial charge in [0.05, 0.1) is 27.7 Å². The van der Waals surface area contributed by atoms with Crippen LogP contribution in [0.15, 0.2) is 75.9 Å². The molecule has 0 aliphatic rings. The first-order valence-corrected chi connectivity index (χ1v) is 26.5. The Bertz CT molecular complexity index is 1360. The van der Waals surface area contributed by atoms with Crippen molar-refractivity contribution >= 4 is 28.9 Å². The monoisotopic (exact) mass is 984 g/mol. The molecule has 4 atom stereocenters. The van der Waals surface area contributed by atoms with Gasteiger partial charge in [-0.05, 0) is 213 Å². The predicted molar refractivity (Wildman–Crippen MR) is 307 cm³/mol. The van der Waals surface area contributed by atoms with Crippen molar-refractivity contribution < 1.29 is 24.0 Å². The molecule has 70 heavy (non-hydrogen) atoms. The molecule has 0 aliphatic carbocycles. The predicted octanol–water partition coefficient (Wildman–Crippen LogP) is 13.2. The molecular formula is C60H113N5O5. The van der Waals surface area contributed by atoms with Gasteiger partial charge >= 0.3 is 0 Å². The smallest absolute Gasteiger partial charge is 0.149 e. The first-order chi connectivity index (χ1) is 32.9. The Morgan fingerprint density at radius 3 is 0.686 bits per heavy atom. The van der Waals surface area contributed by atoms with Crippen molar-refractivity contribution in [2.75, 3.05) is 35.2 Å². The van der Waals surface area contributed by atoms with Crippen LogP contribution < -0.4 is 26.6 Å². The van der Waals surface area contributed by atoms with E-state index in [1.54, 1.807) is 34.6 Å². The minimum absolute atomic E-state index is 0.203. The van der Waals surface area contributed by atoms with E-state index in [0.29, 0.717) is 0 Å². The Morgan fingerprint density at radius 2 is 0.500 bits per heavy atom. The van der Waals surface area contributed by atoms with Gasteiger partial charge < -0.3 is 26.6 Å². The van der Waals surface area contributed by atoms with Gasteiger partial charge in [-0.2, -0.15) is 0 Å². The molecule has 0 unspecified atom stereocenters. The summed E-state index contributed by atoms with van der Waals surface area (Å²) >= 11 is 0. The van der Waals surface area contributed by atoms with Gasteiger partial charge in [-0.1, -0.05) is 75.0 Å². The molecular weight excluding hydrogens is 871 g/mol. The highest BCUT2D eigenvalue weighted by Crippen LogP contribution is 2.23. The Balaban J connectivity index is -0.000000253. The van der Waals surface area contributed by atoms with E-state index in [4.69, 9.17) is 0 Å². The average molecular weight is 985 g/mol. The van der Waals surface area contributed by atoms with Crippen molar-refractivity contribution in [2.45, 2.75) is 244 Å². The van der Waals surface area contributed by atoms with Crippen LogP contribution in [0.25, 0.3) is 0 Å². The highest BCUT2D eigenvalue weighted by Gasteiger charge is 2.32. The van der Waals surface area contributed by atoms with E-state index < -0.39 is 0 Å². The molecule has 0 heterocycles. The standard InChI is InChI=1S/C14H25NO.2C13H25NO.2C10H19NO/c1-5-7-9-11-14(15-4,13(3)16)12-10-8-6-2;2*1-5-6-7-8-9-10-11-13(3,14-4)12(2)15;2*1-5-6-7-8-10(3,11-4)9(2)12/h5-6,15H,1-2,7-12H2,3-4H3;2*5,14H,1,6-11H2,2-4H3;2*5,11H,1,6-8H2,2-4H3/t;2*13-;2*10-/m.1010/s1. The number of carbonyl (C=O) groups excluding carboxylic acids is 5. The molecule has 0 rings (SSSR count). The third kappa shape index (κ3) is 37.4. The van der Waals surface area contributed by atoms with Gasteiger partial charge in [0.2, 0.25) is 0 Å². The van der Waals surface area contributed by atoms with Crippen LogP contribution in [0.1, 0.15) is 216 Å². The molecule has 5 N–H and O–H groups in total. The minimum atomic E-state index is -0.344. The first kappa shape index (κ1) is 75.5. The quantitative estimate of drug-likeness (QED) is 0.0297.